The number of benzene rings is 3. The van der Waals surface area contributed by atoms with Gasteiger partial charge in [-0.2, -0.15) is 0 Å². The van der Waals surface area contributed by atoms with Crippen LogP contribution in [0.5, 0.6) is 5.75 Å². The number of carbonyl (C=O) groups is 2. The summed E-state index contributed by atoms with van der Waals surface area (Å²) in [6, 6.07) is 24.2. The van der Waals surface area contributed by atoms with Crippen molar-refractivity contribution in [2.45, 2.75) is 70.6 Å². The van der Waals surface area contributed by atoms with Crippen LogP contribution < -0.4 is 15.8 Å². The van der Waals surface area contributed by atoms with Crippen molar-refractivity contribution in [2.75, 3.05) is 11.1 Å². The Kier molecular flexibility index (Phi) is 11.6. The number of para-hydroxylation sites is 2. The van der Waals surface area contributed by atoms with Gasteiger partial charge in [-0.25, -0.2) is 4.79 Å². The lowest BCUT2D eigenvalue weighted by atomic mass is 10.0. The summed E-state index contributed by atoms with van der Waals surface area (Å²) in [5, 5.41) is 2.88. The van der Waals surface area contributed by atoms with Crippen molar-refractivity contribution in [3.05, 3.63) is 90.0 Å². The van der Waals surface area contributed by atoms with Gasteiger partial charge in [0.1, 0.15) is 5.75 Å². The summed E-state index contributed by atoms with van der Waals surface area (Å²) in [5.74, 6) is 0.309. The van der Waals surface area contributed by atoms with Gasteiger partial charge in [0.15, 0.2) is 0 Å². The van der Waals surface area contributed by atoms with Gasteiger partial charge >= 0.3 is 5.97 Å². The largest absolute Gasteiger partial charge is 0.423 e. The molecule has 0 aliphatic rings. The van der Waals surface area contributed by atoms with Crippen molar-refractivity contribution in [1.82, 2.24) is 0 Å². The van der Waals surface area contributed by atoms with Crippen molar-refractivity contribution in [2.24, 2.45) is 0 Å². The number of amides is 1. The van der Waals surface area contributed by atoms with Crippen LogP contribution in [0.1, 0.15) is 80.1 Å². The molecule has 0 saturated carbocycles. The van der Waals surface area contributed by atoms with E-state index in [-0.39, 0.29) is 11.9 Å². The van der Waals surface area contributed by atoms with Gasteiger partial charge in [0.05, 0.1) is 16.9 Å². The minimum Gasteiger partial charge on any atom is -0.423 e. The normalized spacial score (nSPS) is 10.7. The molecule has 5 nitrogen and oxygen atoms in total. The molecule has 0 saturated heterocycles. The zero-order valence-corrected chi connectivity index (χ0v) is 21.1. The summed E-state index contributed by atoms with van der Waals surface area (Å²) < 4.78 is 5.52. The minimum absolute atomic E-state index is 0.0350. The van der Waals surface area contributed by atoms with Crippen LogP contribution in [0.3, 0.4) is 0 Å². The number of ether oxygens (including phenoxy) is 1. The van der Waals surface area contributed by atoms with Gasteiger partial charge in [0, 0.05) is 6.42 Å². The number of hydrogen-bond acceptors (Lipinski definition) is 4. The predicted molar refractivity (Wildman–Crippen MR) is 147 cm³/mol. The van der Waals surface area contributed by atoms with Crippen LogP contribution in [0.25, 0.3) is 0 Å². The highest BCUT2D eigenvalue weighted by molar-refractivity contribution is 5.93. The Morgan fingerprint density at radius 3 is 2.06 bits per heavy atom. The van der Waals surface area contributed by atoms with E-state index in [9.17, 15) is 9.59 Å². The molecule has 190 valence electrons. The van der Waals surface area contributed by atoms with Gasteiger partial charge in [0.2, 0.25) is 5.91 Å². The molecule has 3 aromatic carbocycles. The lowest BCUT2D eigenvalue weighted by molar-refractivity contribution is -0.116. The lowest BCUT2D eigenvalue weighted by Crippen LogP contribution is -2.12. The average molecular weight is 487 g/mol. The van der Waals surface area contributed by atoms with E-state index in [0.717, 1.165) is 25.7 Å². The SMILES string of the molecule is Nc1ccccc1NC(=O)CCCCCCCCCCCc1cccc(OC(=O)c2ccccc2)c1. The first-order valence-electron chi connectivity index (χ1n) is 13.1. The molecule has 0 unspecified atom stereocenters. The van der Waals surface area contributed by atoms with E-state index in [1.54, 1.807) is 18.2 Å². The standard InChI is InChI=1S/C31H38N2O3/c32-28-21-13-14-22-29(28)33-30(34)23-12-7-5-3-1-2-4-6-9-16-25-17-15-20-27(24-25)36-31(35)26-18-10-8-11-19-26/h8,10-11,13-15,17-22,24H,1-7,9,12,16,23,32H2,(H,33,34). The number of unbranched alkanes of at least 4 members (excludes halogenated alkanes) is 8. The number of esters is 1. The van der Waals surface area contributed by atoms with Crippen molar-refractivity contribution >= 4 is 23.3 Å². The number of rotatable bonds is 15. The third-order valence-corrected chi connectivity index (χ3v) is 6.22. The first-order chi connectivity index (χ1) is 17.6. The maximum Gasteiger partial charge on any atom is 0.343 e. The number of nitrogens with one attached hydrogen (secondary N) is 1. The number of anilines is 2. The molecular formula is C31H38N2O3. The Balaban J connectivity index is 1.18. The van der Waals surface area contributed by atoms with Gasteiger partial charge < -0.3 is 15.8 Å². The third kappa shape index (κ3) is 9.95. The number of carbonyl (C=O) groups excluding carboxylic acids is 2. The molecule has 1 amide bonds. The second-order valence-electron chi connectivity index (χ2n) is 9.22. The van der Waals surface area contributed by atoms with Gasteiger partial charge in [-0.1, -0.05) is 87.4 Å². The highest BCUT2D eigenvalue weighted by atomic mass is 16.5. The van der Waals surface area contributed by atoms with E-state index in [4.69, 9.17) is 10.5 Å². The monoisotopic (exact) mass is 486 g/mol. The number of nitrogens with two attached hydrogens (primary N) is 1. The van der Waals surface area contributed by atoms with Crippen molar-refractivity contribution < 1.29 is 14.3 Å². The quantitative estimate of drug-likeness (QED) is 0.100. The van der Waals surface area contributed by atoms with Gasteiger partial charge in [-0.15, -0.1) is 0 Å². The highest BCUT2D eigenvalue weighted by Crippen LogP contribution is 2.19. The van der Waals surface area contributed by atoms with Crippen LogP contribution in [0.2, 0.25) is 0 Å². The summed E-state index contributed by atoms with van der Waals surface area (Å²) in [5.41, 5.74) is 8.92. The number of hydrogen-bond donors (Lipinski definition) is 2. The molecule has 0 fully saturated rings. The van der Waals surface area contributed by atoms with E-state index in [1.807, 2.05) is 54.6 Å². The highest BCUT2D eigenvalue weighted by Gasteiger charge is 2.08. The minimum atomic E-state index is -0.326. The first-order valence-corrected chi connectivity index (χ1v) is 13.1. The molecule has 0 aliphatic heterocycles. The second kappa shape index (κ2) is 15.4. The van der Waals surface area contributed by atoms with Gasteiger partial charge in [0.25, 0.3) is 0 Å². The zero-order valence-electron chi connectivity index (χ0n) is 21.1. The van der Waals surface area contributed by atoms with Crippen LogP contribution in [0, 0.1) is 0 Å². The number of aryl methyl sites for hydroxylation is 1. The van der Waals surface area contributed by atoms with E-state index in [0.29, 0.717) is 29.1 Å². The summed E-state index contributed by atoms with van der Waals surface area (Å²) in [4.78, 5) is 24.3. The van der Waals surface area contributed by atoms with Crippen LogP contribution >= 0.6 is 0 Å². The molecule has 5 heteroatoms. The number of nitrogen functional groups attached to an aromatic ring is 1. The van der Waals surface area contributed by atoms with Gasteiger partial charge in [-0.05, 0) is 61.2 Å². The summed E-state index contributed by atoms with van der Waals surface area (Å²) in [6.07, 6.45) is 12.0. The summed E-state index contributed by atoms with van der Waals surface area (Å²) in [6.45, 7) is 0. The molecule has 0 aliphatic carbocycles. The summed E-state index contributed by atoms with van der Waals surface area (Å²) in [7, 11) is 0. The van der Waals surface area contributed by atoms with E-state index >= 15 is 0 Å². The fraction of sp³-hybridized carbons (Fsp3) is 0.355. The summed E-state index contributed by atoms with van der Waals surface area (Å²) >= 11 is 0. The lowest BCUT2D eigenvalue weighted by Gasteiger charge is -2.08. The maximum absolute atomic E-state index is 12.2. The van der Waals surface area contributed by atoms with Crippen molar-refractivity contribution in [3.63, 3.8) is 0 Å². The fourth-order valence-corrected chi connectivity index (χ4v) is 4.18. The Labute approximate surface area is 215 Å². The molecule has 3 N–H and O–H groups in total. The average Bonchev–Trinajstić information content (AvgIpc) is 2.89. The Morgan fingerprint density at radius 1 is 0.694 bits per heavy atom. The molecule has 0 radical (unpaired) electrons. The Morgan fingerprint density at radius 2 is 1.33 bits per heavy atom. The Hall–Kier alpha value is -3.60. The maximum atomic E-state index is 12.2. The van der Waals surface area contributed by atoms with E-state index < -0.39 is 0 Å². The third-order valence-electron chi connectivity index (χ3n) is 6.22. The van der Waals surface area contributed by atoms with Crippen LogP contribution in [0.15, 0.2) is 78.9 Å². The van der Waals surface area contributed by atoms with E-state index in [1.165, 1.54) is 44.1 Å². The molecule has 3 rings (SSSR count). The molecule has 0 heterocycles. The zero-order chi connectivity index (χ0) is 25.4. The molecule has 3 aromatic rings. The molecule has 0 spiro atoms. The van der Waals surface area contributed by atoms with Crippen LogP contribution in [-0.2, 0) is 11.2 Å². The van der Waals surface area contributed by atoms with Gasteiger partial charge in [-0.3, -0.25) is 4.79 Å². The Bertz CT molecular complexity index is 1080. The second-order valence-corrected chi connectivity index (χ2v) is 9.22. The fourth-order valence-electron chi connectivity index (χ4n) is 4.18. The molecule has 0 atom stereocenters. The van der Waals surface area contributed by atoms with Crippen LogP contribution in [-0.4, -0.2) is 11.9 Å². The predicted octanol–water partition coefficient (Wildman–Crippen LogP) is 7.57. The molecular weight excluding hydrogens is 448 g/mol. The first kappa shape index (κ1) is 27.0. The smallest absolute Gasteiger partial charge is 0.343 e. The van der Waals surface area contributed by atoms with Crippen molar-refractivity contribution in [3.8, 4) is 5.75 Å². The molecule has 0 aromatic heterocycles. The van der Waals surface area contributed by atoms with E-state index in [2.05, 4.69) is 11.4 Å². The topological polar surface area (TPSA) is 81.4 Å². The molecule has 36 heavy (non-hydrogen) atoms. The van der Waals surface area contributed by atoms with Crippen molar-refractivity contribution in [1.29, 1.82) is 0 Å². The molecule has 0 bridgehead atoms. The van der Waals surface area contributed by atoms with Crippen LogP contribution in [0.4, 0.5) is 11.4 Å².